The van der Waals surface area contributed by atoms with Crippen LogP contribution in [0.2, 0.25) is 0 Å². The summed E-state index contributed by atoms with van der Waals surface area (Å²) in [5, 5.41) is 2.60. The molecule has 2 heteroatoms. The van der Waals surface area contributed by atoms with Crippen LogP contribution in [0.1, 0.15) is 16.7 Å². The molecule has 1 aromatic heterocycles. The van der Waals surface area contributed by atoms with Gasteiger partial charge >= 0.3 is 0 Å². The van der Waals surface area contributed by atoms with Crippen LogP contribution < -0.4 is 4.90 Å². The van der Waals surface area contributed by atoms with E-state index >= 15 is 0 Å². The molecule has 0 amide bonds. The number of nitrogens with zero attached hydrogens (tertiary/aromatic N) is 2. The van der Waals surface area contributed by atoms with Gasteiger partial charge in [0.1, 0.15) is 0 Å². The van der Waals surface area contributed by atoms with Crippen molar-refractivity contribution in [3.63, 3.8) is 0 Å². The molecule has 2 nitrogen and oxygen atoms in total. The number of fused-ring (bicyclic) bond motifs is 1. The van der Waals surface area contributed by atoms with E-state index in [-0.39, 0.29) is 0 Å². The largest absolute Gasteiger partial charge is 0.363 e. The Morgan fingerprint density at radius 3 is 2.27 bits per heavy atom. The van der Waals surface area contributed by atoms with Gasteiger partial charge in [-0.15, -0.1) is 0 Å². The maximum Gasteiger partial charge on any atom is 0.0439 e. The highest BCUT2D eigenvalue weighted by Crippen LogP contribution is 2.24. The van der Waals surface area contributed by atoms with Crippen molar-refractivity contribution >= 4 is 16.5 Å². The first-order chi connectivity index (χ1) is 12.8. The molecule has 0 bridgehead atoms. The SMILES string of the molecule is Cc1ccc(CN(Cc2cccc3ccccc23)c2ccncc2)cc1. The third kappa shape index (κ3) is 3.60. The van der Waals surface area contributed by atoms with Crippen LogP contribution in [0.15, 0.2) is 91.3 Å². The van der Waals surface area contributed by atoms with E-state index in [1.807, 2.05) is 12.4 Å². The van der Waals surface area contributed by atoms with Crippen molar-refractivity contribution in [2.45, 2.75) is 20.0 Å². The van der Waals surface area contributed by atoms with Crippen molar-refractivity contribution in [3.05, 3.63) is 108 Å². The fraction of sp³-hybridized carbons (Fsp3) is 0.125. The van der Waals surface area contributed by atoms with Gasteiger partial charge in [-0.3, -0.25) is 4.98 Å². The molecule has 0 aliphatic heterocycles. The Morgan fingerprint density at radius 2 is 1.46 bits per heavy atom. The molecule has 128 valence electrons. The van der Waals surface area contributed by atoms with Crippen molar-refractivity contribution in [1.29, 1.82) is 0 Å². The van der Waals surface area contributed by atoms with Crippen molar-refractivity contribution in [1.82, 2.24) is 4.98 Å². The number of aryl methyl sites for hydroxylation is 1. The number of rotatable bonds is 5. The topological polar surface area (TPSA) is 16.1 Å². The average molecular weight is 338 g/mol. The lowest BCUT2D eigenvalue weighted by molar-refractivity contribution is 0.802. The fourth-order valence-electron chi connectivity index (χ4n) is 3.34. The zero-order valence-corrected chi connectivity index (χ0v) is 15.0. The third-order valence-corrected chi connectivity index (χ3v) is 4.76. The van der Waals surface area contributed by atoms with Gasteiger partial charge in [0.25, 0.3) is 0 Å². The van der Waals surface area contributed by atoms with Crippen LogP contribution >= 0.6 is 0 Å². The molecule has 1 heterocycles. The minimum absolute atomic E-state index is 0.860. The van der Waals surface area contributed by atoms with E-state index in [0.29, 0.717) is 0 Å². The van der Waals surface area contributed by atoms with Gasteiger partial charge in [-0.05, 0) is 41.0 Å². The smallest absolute Gasteiger partial charge is 0.0439 e. The summed E-state index contributed by atoms with van der Waals surface area (Å²) < 4.78 is 0. The van der Waals surface area contributed by atoms with E-state index < -0.39 is 0 Å². The Labute approximate surface area is 154 Å². The molecule has 26 heavy (non-hydrogen) atoms. The molecule has 0 saturated heterocycles. The molecule has 0 aliphatic carbocycles. The van der Waals surface area contributed by atoms with E-state index in [1.165, 1.54) is 33.2 Å². The summed E-state index contributed by atoms with van der Waals surface area (Å²) in [5.41, 5.74) is 5.13. The van der Waals surface area contributed by atoms with Crippen LogP contribution in [0.3, 0.4) is 0 Å². The quantitative estimate of drug-likeness (QED) is 0.460. The Morgan fingerprint density at radius 1 is 0.731 bits per heavy atom. The molecular weight excluding hydrogens is 316 g/mol. The van der Waals surface area contributed by atoms with Crippen LogP contribution in [0, 0.1) is 6.92 Å². The first kappa shape index (κ1) is 16.3. The van der Waals surface area contributed by atoms with Gasteiger partial charge in [0.15, 0.2) is 0 Å². The van der Waals surface area contributed by atoms with Crippen LogP contribution in [0.4, 0.5) is 5.69 Å². The number of pyridine rings is 1. The first-order valence-corrected chi connectivity index (χ1v) is 8.97. The second-order valence-electron chi connectivity index (χ2n) is 6.69. The van der Waals surface area contributed by atoms with Crippen LogP contribution in [0.25, 0.3) is 10.8 Å². The summed E-state index contributed by atoms with van der Waals surface area (Å²) in [7, 11) is 0. The fourth-order valence-corrected chi connectivity index (χ4v) is 3.34. The predicted octanol–water partition coefficient (Wildman–Crippen LogP) is 5.75. The van der Waals surface area contributed by atoms with Crippen molar-refractivity contribution in [2.75, 3.05) is 4.90 Å². The van der Waals surface area contributed by atoms with Crippen molar-refractivity contribution in [3.8, 4) is 0 Å². The van der Waals surface area contributed by atoms with E-state index in [1.54, 1.807) is 0 Å². The Balaban J connectivity index is 1.69. The van der Waals surface area contributed by atoms with Crippen molar-refractivity contribution < 1.29 is 0 Å². The first-order valence-electron chi connectivity index (χ1n) is 8.97. The Hall–Kier alpha value is -3.13. The van der Waals surface area contributed by atoms with Crippen LogP contribution in [-0.2, 0) is 13.1 Å². The lowest BCUT2D eigenvalue weighted by atomic mass is 10.0. The number of aromatic nitrogens is 1. The van der Waals surface area contributed by atoms with E-state index in [4.69, 9.17) is 0 Å². The zero-order chi connectivity index (χ0) is 17.8. The summed E-state index contributed by atoms with van der Waals surface area (Å²) in [4.78, 5) is 6.59. The highest BCUT2D eigenvalue weighted by molar-refractivity contribution is 5.85. The molecule has 0 saturated carbocycles. The standard InChI is InChI=1S/C24H22N2/c1-19-9-11-20(12-10-19)17-26(23-13-15-25-16-14-23)18-22-7-4-6-21-5-2-3-8-24(21)22/h2-16H,17-18H2,1H3. The Kier molecular flexibility index (Phi) is 4.65. The molecule has 0 radical (unpaired) electrons. The van der Waals surface area contributed by atoms with E-state index in [9.17, 15) is 0 Å². The monoisotopic (exact) mass is 338 g/mol. The van der Waals surface area contributed by atoms with Gasteiger partial charge in [-0.2, -0.15) is 0 Å². The maximum absolute atomic E-state index is 4.18. The van der Waals surface area contributed by atoms with Gasteiger partial charge in [-0.1, -0.05) is 72.3 Å². The zero-order valence-electron chi connectivity index (χ0n) is 15.0. The molecular formula is C24H22N2. The number of hydrogen-bond donors (Lipinski definition) is 0. The third-order valence-electron chi connectivity index (χ3n) is 4.76. The second kappa shape index (κ2) is 7.40. The number of benzene rings is 3. The number of hydrogen-bond acceptors (Lipinski definition) is 2. The molecule has 0 N–H and O–H groups in total. The maximum atomic E-state index is 4.18. The number of anilines is 1. The minimum atomic E-state index is 0.860. The summed E-state index contributed by atoms with van der Waals surface area (Å²) in [6.45, 7) is 3.85. The average Bonchev–Trinajstić information content (AvgIpc) is 2.70. The van der Waals surface area contributed by atoms with Crippen molar-refractivity contribution in [2.24, 2.45) is 0 Å². The molecule has 0 atom stereocenters. The summed E-state index contributed by atoms with van der Waals surface area (Å²) >= 11 is 0. The summed E-state index contributed by atoms with van der Waals surface area (Å²) in [6, 6.07) is 28.1. The summed E-state index contributed by atoms with van der Waals surface area (Å²) in [5.74, 6) is 0. The Bertz CT molecular complexity index is 986. The molecule has 0 spiro atoms. The molecule has 4 aromatic rings. The molecule has 4 rings (SSSR count). The summed E-state index contributed by atoms with van der Waals surface area (Å²) in [6.07, 6.45) is 3.72. The van der Waals surface area contributed by atoms with Gasteiger partial charge in [0, 0.05) is 31.2 Å². The molecule has 0 unspecified atom stereocenters. The highest BCUT2D eigenvalue weighted by atomic mass is 15.1. The molecule has 3 aromatic carbocycles. The second-order valence-corrected chi connectivity index (χ2v) is 6.69. The van der Waals surface area contributed by atoms with Gasteiger partial charge in [-0.25, -0.2) is 0 Å². The lowest BCUT2D eigenvalue weighted by Crippen LogP contribution is -2.22. The van der Waals surface area contributed by atoms with Crippen LogP contribution in [0.5, 0.6) is 0 Å². The van der Waals surface area contributed by atoms with E-state index in [2.05, 4.69) is 95.7 Å². The minimum Gasteiger partial charge on any atom is -0.363 e. The highest BCUT2D eigenvalue weighted by Gasteiger charge is 2.10. The van der Waals surface area contributed by atoms with Gasteiger partial charge in [0.2, 0.25) is 0 Å². The molecule has 0 fully saturated rings. The van der Waals surface area contributed by atoms with E-state index in [0.717, 1.165) is 13.1 Å². The molecule has 0 aliphatic rings. The van der Waals surface area contributed by atoms with Gasteiger partial charge < -0.3 is 4.90 Å². The lowest BCUT2D eigenvalue weighted by Gasteiger charge is -2.26. The normalized spacial score (nSPS) is 10.8. The van der Waals surface area contributed by atoms with Crippen LogP contribution in [-0.4, -0.2) is 4.98 Å². The predicted molar refractivity (Wildman–Crippen MR) is 109 cm³/mol. The van der Waals surface area contributed by atoms with Gasteiger partial charge in [0.05, 0.1) is 0 Å².